The zero-order valence-corrected chi connectivity index (χ0v) is 19.3. The third-order valence-corrected chi connectivity index (χ3v) is 6.19. The molecule has 4 rings (SSSR count). The molecule has 0 aliphatic carbocycles. The van der Waals surface area contributed by atoms with Gasteiger partial charge < -0.3 is 15.1 Å². The van der Waals surface area contributed by atoms with Crippen LogP contribution in [0.3, 0.4) is 0 Å². The van der Waals surface area contributed by atoms with Gasteiger partial charge in [-0.1, -0.05) is 36.4 Å². The number of nitrogens with one attached hydrogen (secondary N) is 1. The number of piperazine rings is 1. The number of hydrogen-bond acceptors (Lipinski definition) is 4. The van der Waals surface area contributed by atoms with E-state index in [1.165, 1.54) is 5.69 Å². The van der Waals surface area contributed by atoms with Gasteiger partial charge in [-0.2, -0.15) is 5.10 Å². The Kier molecular flexibility index (Phi) is 7.07. The molecule has 1 saturated heterocycles. The second-order valence-corrected chi connectivity index (χ2v) is 8.38. The van der Waals surface area contributed by atoms with Crippen molar-refractivity contribution in [3.05, 3.63) is 77.6 Å². The molecule has 0 atom stereocenters. The van der Waals surface area contributed by atoms with E-state index in [0.717, 1.165) is 35.7 Å². The first-order valence-electron chi connectivity index (χ1n) is 11.5. The summed E-state index contributed by atoms with van der Waals surface area (Å²) in [6.45, 7) is 7.32. The van der Waals surface area contributed by atoms with Crippen LogP contribution in [0, 0.1) is 13.8 Å². The smallest absolute Gasteiger partial charge is 0.224 e. The standard InChI is InChI=1S/C26H31N5O2/c1-20-24(21(2)31(28-20)23-11-7-4-8-12-23)19-25(32)27-14-13-26(33)30-17-15-29(16-18-30)22-9-5-3-6-10-22/h3-12H,13-19H2,1-2H3,(H,27,32). The third kappa shape index (κ3) is 5.42. The summed E-state index contributed by atoms with van der Waals surface area (Å²) < 4.78 is 1.87. The second kappa shape index (κ2) is 10.3. The molecule has 0 spiro atoms. The van der Waals surface area contributed by atoms with Crippen molar-refractivity contribution in [3.63, 3.8) is 0 Å². The number of rotatable bonds is 7. The minimum atomic E-state index is -0.0875. The molecule has 7 heteroatoms. The van der Waals surface area contributed by atoms with Crippen LogP contribution in [0.1, 0.15) is 23.4 Å². The van der Waals surface area contributed by atoms with Crippen molar-refractivity contribution in [1.29, 1.82) is 0 Å². The van der Waals surface area contributed by atoms with E-state index in [1.807, 2.05) is 72.0 Å². The molecule has 2 amide bonds. The third-order valence-electron chi connectivity index (χ3n) is 6.19. The number of benzene rings is 2. The van der Waals surface area contributed by atoms with Crippen molar-refractivity contribution in [3.8, 4) is 5.69 Å². The van der Waals surface area contributed by atoms with Gasteiger partial charge in [0.25, 0.3) is 0 Å². The molecule has 0 bridgehead atoms. The summed E-state index contributed by atoms with van der Waals surface area (Å²) in [6.07, 6.45) is 0.576. The molecule has 3 aromatic rings. The number of nitrogens with zero attached hydrogens (tertiary/aromatic N) is 4. The van der Waals surface area contributed by atoms with Crippen LogP contribution in [-0.2, 0) is 16.0 Å². The Morgan fingerprint density at radius 2 is 1.48 bits per heavy atom. The molecule has 33 heavy (non-hydrogen) atoms. The van der Waals surface area contributed by atoms with Crippen LogP contribution in [0.15, 0.2) is 60.7 Å². The highest BCUT2D eigenvalue weighted by molar-refractivity contribution is 5.81. The Balaban J connectivity index is 1.23. The quantitative estimate of drug-likeness (QED) is 0.607. The van der Waals surface area contributed by atoms with Gasteiger partial charge in [0.1, 0.15) is 0 Å². The van der Waals surface area contributed by atoms with E-state index < -0.39 is 0 Å². The Hall–Kier alpha value is -3.61. The van der Waals surface area contributed by atoms with Crippen LogP contribution in [0.4, 0.5) is 5.69 Å². The molecular formula is C26H31N5O2. The lowest BCUT2D eigenvalue weighted by Crippen LogP contribution is -2.49. The predicted octanol–water partition coefficient (Wildman–Crippen LogP) is 2.89. The van der Waals surface area contributed by atoms with Gasteiger partial charge in [0.05, 0.1) is 17.8 Å². The van der Waals surface area contributed by atoms with Crippen LogP contribution in [-0.4, -0.2) is 59.2 Å². The van der Waals surface area contributed by atoms with Crippen LogP contribution in [0.2, 0.25) is 0 Å². The summed E-state index contributed by atoms with van der Waals surface area (Å²) in [5, 5.41) is 7.51. The number of para-hydroxylation sites is 2. The van der Waals surface area contributed by atoms with Crippen molar-refractivity contribution in [2.45, 2.75) is 26.7 Å². The Morgan fingerprint density at radius 1 is 0.879 bits per heavy atom. The Morgan fingerprint density at radius 3 is 2.12 bits per heavy atom. The van der Waals surface area contributed by atoms with Gasteiger partial charge in [-0.25, -0.2) is 4.68 Å². The fourth-order valence-corrected chi connectivity index (χ4v) is 4.29. The lowest BCUT2D eigenvalue weighted by Gasteiger charge is -2.36. The topological polar surface area (TPSA) is 70.5 Å². The van der Waals surface area contributed by atoms with Gasteiger partial charge >= 0.3 is 0 Å². The van der Waals surface area contributed by atoms with Crippen LogP contribution < -0.4 is 10.2 Å². The van der Waals surface area contributed by atoms with E-state index in [9.17, 15) is 9.59 Å². The number of carbonyl (C=O) groups is 2. The van der Waals surface area contributed by atoms with E-state index >= 15 is 0 Å². The van der Waals surface area contributed by atoms with E-state index in [0.29, 0.717) is 26.1 Å². The fraction of sp³-hybridized carbons (Fsp3) is 0.346. The van der Waals surface area contributed by atoms with Gasteiger partial charge in [-0.15, -0.1) is 0 Å². The molecule has 0 radical (unpaired) electrons. The Bertz CT molecular complexity index is 1090. The van der Waals surface area contributed by atoms with Gasteiger partial charge in [0.2, 0.25) is 11.8 Å². The minimum absolute atomic E-state index is 0.0875. The lowest BCUT2D eigenvalue weighted by atomic mass is 10.1. The summed E-state index contributed by atoms with van der Waals surface area (Å²) in [6, 6.07) is 20.2. The number of anilines is 1. The number of hydrogen-bond donors (Lipinski definition) is 1. The maximum Gasteiger partial charge on any atom is 0.224 e. The number of carbonyl (C=O) groups excluding carboxylic acids is 2. The summed E-state index contributed by atoms with van der Waals surface area (Å²) in [5.41, 5.74) is 4.90. The summed E-state index contributed by atoms with van der Waals surface area (Å²) in [7, 11) is 0. The molecule has 1 aliphatic heterocycles. The molecule has 1 aliphatic rings. The monoisotopic (exact) mass is 445 g/mol. The molecular weight excluding hydrogens is 414 g/mol. The predicted molar refractivity (Wildman–Crippen MR) is 130 cm³/mol. The van der Waals surface area contributed by atoms with Crippen molar-refractivity contribution >= 4 is 17.5 Å². The molecule has 7 nitrogen and oxygen atoms in total. The number of amides is 2. The fourth-order valence-electron chi connectivity index (χ4n) is 4.29. The number of aromatic nitrogens is 2. The Labute approximate surface area is 195 Å². The first-order chi connectivity index (χ1) is 16.0. The van der Waals surface area contributed by atoms with Crippen molar-refractivity contribution in [2.75, 3.05) is 37.6 Å². The van der Waals surface area contributed by atoms with Crippen LogP contribution in [0.25, 0.3) is 5.69 Å². The maximum atomic E-state index is 12.6. The van der Waals surface area contributed by atoms with Gasteiger partial charge in [-0.3, -0.25) is 9.59 Å². The van der Waals surface area contributed by atoms with Crippen LogP contribution >= 0.6 is 0 Å². The molecule has 1 aromatic heterocycles. The first kappa shape index (κ1) is 22.6. The maximum absolute atomic E-state index is 12.6. The van der Waals surface area contributed by atoms with Gasteiger partial charge in [0.15, 0.2) is 0 Å². The normalized spacial score (nSPS) is 13.8. The minimum Gasteiger partial charge on any atom is -0.368 e. The van der Waals surface area contributed by atoms with E-state index in [2.05, 4.69) is 27.4 Å². The zero-order valence-electron chi connectivity index (χ0n) is 19.3. The second-order valence-electron chi connectivity index (χ2n) is 8.38. The molecule has 0 saturated carbocycles. The molecule has 0 unspecified atom stereocenters. The molecule has 2 aromatic carbocycles. The van der Waals surface area contributed by atoms with Crippen molar-refractivity contribution in [1.82, 2.24) is 20.0 Å². The summed E-state index contributed by atoms with van der Waals surface area (Å²) in [5.74, 6) is 0.00257. The van der Waals surface area contributed by atoms with Gasteiger partial charge in [-0.05, 0) is 38.1 Å². The first-order valence-corrected chi connectivity index (χ1v) is 11.5. The molecule has 2 heterocycles. The average molecular weight is 446 g/mol. The zero-order chi connectivity index (χ0) is 23.2. The van der Waals surface area contributed by atoms with E-state index in [4.69, 9.17) is 0 Å². The highest BCUT2D eigenvalue weighted by Crippen LogP contribution is 2.18. The van der Waals surface area contributed by atoms with Crippen LogP contribution in [0.5, 0.6) is 0 Å². The highest BCUT2D eigenvalue weighted by Gasteiger charge is 2.21. The molecule has 1 N–H and O–H groups in total. The van der Waals surface area contributed by atoms with Crippen molar-refractivity contribution in [2.24, 2.45) is 0 Å². The molecule has 1 fully saturated rings. The largest absolute Gasteiger partial charge is 0.368 e. The van der Waals surface area contributed by atoms with Gasteiger partial charge in [0, 0.05) is 56.1 Å². The summed E-state index contributed by atoms with van der Waals surface area (Å²) >= 11 is 0. The summed E-state index contributed by atoms with van der Waals surface area (Å²) in [4.78, 5) is 29.3. The molecule has 172 valence electrons. The van der Waals surface area contributed by atoms with E-state index in [1.54, 1.807) is 0 Å². The number of aryl methyl sites for hydroxylation is 1. The average Bonchev–Trinajstić information content (AvgIpc) is 3.13. The SMILES string of the molecule is Cc1nn(-c2ccccc2)c(C)c1CC(=O)NCCC(=O)N1CCN(c2ccccc2)CC1. The highest BCUT2D eigenvalue weighted by atomic mass is 16.2. The lowest BCUT2D eigenvalue weighted by molar-refractivity contribution is -0.131. The van der Waals surface area contributed by atoms with Crippen molar-refractivity contribution < 1.29 is 9.59 Å². The van der Waals surface area contributed by atoms with E-state index in [-0.39, 0.29) is 18.2 Å².